The van der Waals surface area contributed by atoms with Gasteiger partial charge in [0.25, 0.3) is 0 Å². The molecular formula is C27H38ClN5O6. The van der Waals surface area contributed by atoms with E-state index in [0.29, 0.717) is 32.2 Å². The molecule has 11 nitrogen and oxygen atoms in total. The Kier molecular flexibility index (Phi) is 10.7. The van der Waals surface area contributed by atoms with E-state index in [-0.39, 0.29) is 31.2 Å². The van der Waals surface area contributed by atoms with Crippen LogP contribution < -0.4 is 21.3 Å². The number of benzene rings is 1. The molecule has 3 rings (SSSR count). The van der Waals surface area contributed by atoms with Gasteiger partial charge in [-0.1, -0.05) is 30.3 Å². The van der Waals surface area contributed by atoms with Crippen LogP contribution >= 0.6 is 11.6 Å². The van der Waals surface area contributed by atoms with Crippen LogP contribution in [0.3, 0.4) is 0 Å². The van der Waals surface area contributed by atoms with Crippen LogP contribution in [0.4, 0.5) is 0 Å². The zero-order valence-corrected chi connectivity index (χ0v) is 23.1. The van der Waals surface area contributed by atoms with Crippen molar-refractivity contribution in [3.05, 3.63) is 35.9 Å². The maximum absolute atomic E-state index is 13.6. The molecule has 0 bridgehead atoms. The zero-order chi connectivity index (χ0) is 28.6. The first kappa shape index (κ1) is 30.4. The Morgan fingerprint density at radius 2 is 1.82 bits per heavy atom. The normalized spacial score (nSPS) is 24.4. The summed E-state index contributed by atoms with van der Waals surface area (Å²) in [5.74, 6) is -2.56. The van der Waals surface area contributed by atoms with Crippen LogP contribution in [0.2, 0.25) is 0 Å². The number of halogens is 1. The van der Waals surface area contributed by atoms with Crippen LogP contribution in [-0.4, -0.2) is 88.3 Å². The lowest BCUT2D eigenvalue weighted by atomic mass is 9.98. The molecule has 214 valence electrons. The number of fused-ring (bicyclic) bond motifs is 1. The zero-order valence-electron chi connectivity index (χ0n) is 22.4. The Hall–Kier alpha value is -3.18. The smallest absolute Gasteiger partial charge is 0.250 e. The SMILES string of the molecule is CC1(C)NC(=O)[C@H](CCCCNC(=O)C(O)CCl)NC(=O)[C@H]2CCCN2C(=O)[C@H](Cc2ccccc2)NC1=O. The molecule has 12 heteroatoms. The summed E-state index contributed by atoms with van der Waals surface area (Å²) in [5.41, 5.74) is -0.497. The van der Waals surface area contributed by atoms with E-state index in [1.807, 2.05) is 30.3 Å². The van der Waals surface area contributed by atoms with Gasteiger partial charge in [-0.2, -0.15) is 0 Å². The highest BCUT2D eigenvalue weighted by Crippen LogP contribution is 2.21. The van der Waals surface area contributed by atoms with Crippen LogP contribution in [0.15, 0.2) is 30.3 Å². The Balaban J connectivity index is 1.75. The molecule has 4 atom stereocenters. The third-order valence-corrected chi connectivity index (χ3v) is 7.32. The number of amides is 5. The number of alkyl halides is 1. The summed E-state index contributed by atoms with van der Waals surface area (Å²) in [7, 11) is 0. The van der Waals surface area contributed by atoms with Gasteiger partial charge in [0.1, 0.15) is 29.8 Å². The van der Waals surface area contributed by atoms with E-state index in [0.717, 1.165) is 5.56 Å². The standard InChI is InChI=1S/C27H38ClN5O6/c1-27(2)26(39)31-19(15-17-9-4-3-5-10-17)25(38)33-14-8-12-20(33)23(36)30-18(22(35)32-27)11-6-7-13-29-24(37)21(34)16-28/h3-5,9-10,18-21,34H,6-8,11-16H2,1-2H3,(H,29,37)(H,30,36)(H,31,39)(H,32,35)/t18-,19-,20+,21?/m0/s1. The lowest BCUT2D eigenvalue weighted by Crippen LogP contribution is -2.64. The predicted octanol–water partition coefficient (Wildman–Crippen LogP) is -0.0157. The summed E-state index contributed by atoms with van der Waals surface area (Å²) in [6.45, 7) is 3.74. The van der Waals surface area contributed by atoms with Gasteiger partial charge in [0, 0.05) is 19.5 Å². The topological polar surface area (TPSA) is 157 Å². The van der Waals surface area contributed by atoms with E-state index in [1.165, 1.54) is 4.90 Å². The number of hydrogen-bond donors (Lipinski definition) is 5. The molecule has 2 saturated heterocycles. The fourth-order valence-electron chi connectivity index (χ4n) is 4.75. The second-order valence-electron chi connectivity index (χ2n) is 10.5. The maximum atomic E-state index is 13.6. The number of nitrogens with zero attached hydrogens (tertiary/aromatic N) is 1. The van der Waals surface area contributed by atoms with Gasteiger partial charge in [0.05, 0.1) is 5.88 Å². The molecule has 2 heterocycles. The van der Waals surface area contributed by atoms with Gasteiger partial charge in [-0.15, -0.1) is 11.6 Å². The van der Waals surface area contributed by atoms with Crippen LogP contribution in [0, 0.1) is 0 Å². The Morgan fingerprint density at radius 1 is 1.10 bits per heavy atom. The number of unbranched alkanes of at least 4 members (excludes halogenated alkanes) is 1. The first-order valence-electron chi connectivity index (χ1n) is 13.3. The van der Waals surface area contributed by atoms with E-state index in [4.69, 9.17) is 11.6 Å². The maximum Gasteiger partial charge on any atom is 0.250 e. The van der Waals surface area contributed by atoms with E-state index in [1.54, 1.807) is 13.8 Å². The van der Waals surface area contributed by atoms with Crippen molar-refractivity contribution < 1.29 is 29.1 Å². The number of carbonyl (C=O) groups excluding carboxylic acids is 5. The molecule has 1 unspecified atom stereocenters. The van der Waals surface area contributed by atoms with Gasteiger partial charge in [0.2, 0.25) is 29.5 Å². The quantitative estimate of drug-likeness (QED) is 0.210. The van der Waals surface area contributed by atoms with Crippen molar-refractivity contribution >= 4 is 41.1 Å². The molecule has 5 N–H and O–H groups in total. The third kappa shape index (κ3) is 8.15. The highest BCUT2D eigenvalue weighted by Gasteiger charge is 2.42. The van der Waals surface area contributed by atoms with Crippen molar-refractivity contribution in [2.75, 3.05) is 19.0 Å². The van der Waals surface area contributed by atoms with Crippen LogP contribution in [0.25, 0.3) is 0 Å². The number of aliphatic hydroxyl groups excluding tert-OH is 1. The van der Waals surface area contributed by atoms with Gasteiger partial charge in [-0.25, -0.2) is 0 Å². The highest BCUT2D eigenvalue weighted by molar-refractivity contribution is 6.19. The molecule has 0 saturated carbocycles. The first-order chi connectivity index (χ1) is 18.5. The average molecular weight is 564 g/mol. The summed E-state index contributed by atoms with van der Waals surface area (Å²) in [4.78, 5) is 66.7. The molecule has 1 aromatic rings. The highest BCUT2D eigenvalue weighted by atomic mass is 35.5. The lowest BCUT2D eigenvalue weighted by molar-refractivity contribution is -0.144. The van der Waals surface area contributed by atoms with E-state index >= 15 is 0 Å². The van der Waals surface area contributed by atoms with Gasteiger partial charge >= 0.3 is 0 Å². The number of nitrogens with one attached hydrogen (secondary N) is 4. The molecule has 1 aromatic carbocycles. The van der Waals surface area contributed by atoms with Crippen LogP contribution in [0.5, 0.6) is 0 Å². The summed E-state index contributed by atoms with van der Waals surface area (Å²) < 4.78 is 0. The minimum absolute atomic E-state index is 0.211. The van der Waals surface area contributed by atoms with Crippen molar-refractivity contribution in [1.82, 2.24) is 26.2 Å². The lowest BCUT2D eigenvalue weighted by Gasteiger charge is -2.34. The van der Waals surface area contributed by atoms with Crippen molar-refractivity contribution in [1.29, 1.82) is 0 Å². The fourth-order valence-corrected chi connectivity index (χ4v) is 4.89. The van der Waals surface area contributed by atoms with Crippen LogP contribution in [-0.2, 0) is 30.4 Å². The fraction of sp³-hybridized carbons (Fsp3) is 0.593. The monoisotopic (exact) mass is 563 g/mol. The Bertz CT molecular complexity index is 1050. The second-order valence-corrected chi connectivity index (χ2v) is 10.8. The average Bonchev–Trinajstić information content (AvgIpc) is 3.40. The number of carbonyl (C=O) groups is 5. The van der Waals surface area contributed by atoms with E-state index in [2.05, 4.69) is 21.3 Å². The summed E-state index contributed by atoms with van der Waals surface area (Å²) in [6.07, 6.45) is 1.25. The van der Waals surface area contributed by atoms with Gasteiger partial charge in [-0.05, 0) is 51.5 Å². The van der Waals surface area contributed by atoms with Crippen molar-refractivity contribution in [2.45, 2.75) is 82.1 Å². The number of hydrogen-bond acceptors (Lipinski definition) is 6. The van der Waals surface area contributed by atoms with Crippen LogP contribution in [0.1, 0.15) is 51.5 Å². The molecule has 0 aliphatic carbocycles. The molecule has 39 heavy (non-hydrogen) atoms. The van der Waals surface area contributed by atoms with Crippen molar-refractivity contribution in [2.24, 2.45) is 0 Å². The molecule has 2 aliphatic heterocycles. The van der Waals surface area contributed by atoms with E-state index in [9.17, 15) is 29.1 Å². The minimum Gasteiger partial charge on any atom is -0.382 e. The predicted molar refractivity (Wildman–Crippen MR) is 145 cm³/mol. The van der Waals surface area contributed by atoms with Gasteiger partial charge in [-0.3, -0.25) is 24.0 Å². The van der Waals surface area contributed by atoms with E-state index < -0.39 is 53.4 Å². The Labute approximate surface area is 233 Å². The molecule has 0 aromatic heterocycles. The summed E-state index contributed by atoms with van der Waals surface area (Å²) in [5, 5.41) is 20.4. The van der Waals surface area contributed by atoms with Crippen molar-refractivity contribution in [3.63, 3.8) is 0 Å². The largest absolute Gasteiger partial charge is 0.382 e. The summed E-state index contributed by atoms with van der Waals surface area (Å²) in [6, 6.07) is 6.72. The molecular weight excluding hydrogens is 526 g/mol. The van der Waals surface area contributed by atoms with Gasteiger partial charge in [0.15, 0.2) is 0 Å². The third-order valence-electron chi connectivity index (χ3n) is 7.03. The van der Waals surface area contributed by atoms with Gasteiger partial charge < -0.3 is 31.3 Å². The Morgan fingerprint density at radius 3 is 2.51 bits per heavy atom. The minimum atomic E-state index is -1.36. The molecule has 5 amide bonds. The second kappa shape index (κ2) is 13.7. The number of aliphatic hydroxyl groups is 1. The molecule has 2 fully saturated rings. The first-order valence-corrected chi connectivity index (χ1v) is 13.9. The molecule has 0 radical (unpaired) electrons. The van der Waals surface area contributed by atoms with Crippen molar-refractivity contribution in [3.8, 4) is 0 Å². The molecule has 2 aliphatic rings. The summed E-state index contributed by atoms with van der Waals surface area (Å²) >= 11 is 5.47. The molecule has 0 spiro atoms. The number of rotatable bonds is 9.